The van der Waals surface area contributed by atoms with Crippen molar-refractivity contribution < 1.29 is 27.2 Å². The summed E-state index contributed by atoms with van der Waals surface area (Å²) < 4.78 is 42.7. The highest BCUT2D eigenvalue weighted by atomic mass is 35.5. The van der Waals surface area contributed by atoms with Gasteiger partial charge in [0.15, 0.2) is 11.5 Å². The summed E-state index contributed by atoms with van der Waals surface area (Å²) in [6.45, 7) is 2.42. The van der Waals surface area contributed by atoms with Crippen LogP contribution in [0.15, 0.2) is 47.4 Å². The van der Waals surface area contributed by atoms with Crippen LogP contribution in [0.2, 0.25) is 5.02 Å². The number of thioether (sulfide) groups is 1. The van der Waals surface area contributed by atoms with Gasteiger partial charge in [-0.1, -0.05) is 53.8 Å². The van der Waals surface area contributed by atoms with Crippen LogP contribution in [-0.2, 0) is 21.5 Å². The van der Waals surface area contributed by atoms with E-state index in [1.54, 1.807) is 36.4 Å². The van der Waals surface area contributed by atoms with Gasteiger partial charge >= 0.3 is 0 Å². The monoisotopic (exact) mass is 513 g/mol. The molecule has 0 spiro atoms. The Balaban J connectivity index is 1.75. The van der Waals surface area contributed by atoms with E-state index in [1.807, 2.05) is 19.1 Å². The van der Waals surface area contributed by atoms with E-state index >= 15 is 0 Å². The molecule has 7 nitrogen and oxygen atoms in total. The molecule has 1 aliphatic heterocycles. The second-order valence-corrected chi connectivity index (χ2v) is 10.4. The van der Waals surface area contributed by atoms with Crippen molar-refractivity contribution in [1.29, 1.82) is 0 Å². The minimum absolute atomic E-state index is 0.206. The van der Waals surface area contributed by atoms with E-state index in [4.69, 9.17) is 37.8 Å². The lowest BCUT2D eigenvalue weighted by Gasteiger charge is -2.13. The Kier molecular flexibility index (Phi) is 8.18. The zero-order chi connectivity index (χ0) is 23.3. The van der Waals surface area contributed by atoms with E-state index in [1.165, 1.54) is 0 Å². The molecular weight excluding hydrogens is 494 g/mol. The van der Waals surface area contributed by atoms with Gasteiger partial charge in [0.25, 0.3) is 16.0 Å². The van der Waals surface area contributed by atoms with Crippen molar-refractivity contribution in [3.63, 3.8) is 0 Å². The SMILES string of the molecule is CCOc1cc(/C=C2\SC(=S)N(CCS(=O)(=O)O)C2=O)ccc1OCc1ccc(Cl)cc1. The van der Waals surface area contributed by atoms with Crippen LogP contribution < -0.4 is 9.47 Å². The van der Waals surface area contributed by atoms with Gasteiger partial charge < -0.3 is 9.47 Å². The Hall–Kier alpha value is -2.11. The Morgan fingerprint density at radius 2 is 1.88 bits per heavy atom. The molecule has 1 N–H and O–H groups in total. The minimum Gasteiger partial charge on any atom is -0.490 e. The molecule has 170 valence electrons. The van der Waals surface area contributed by atoms with Gasteiger partial charge in [-0.2, -0.15) is 8.42 Å². The molecule has 2 aromatic rings. The van der Waals surface area contributed by atoms with Crippen LogP contribution in [0.1, 0.15) is 18.1 Å². The number of hydrogen-bond acceptors (Lipinski definition) is 7. The molecule has 0 aliphatic carbocycles. The van der Waals surface area contributed by atoms with Gasteiger partial charge in [-0.05, 0) is 48.4 Å². The summed E-state index contributed by atoms with van der Waals surface area (Å²) in [5.74, 6) is 0.0855. The van der Waals surface area contributed by atoms with Crippen LogP contribution in [0.3, 0.4) is 0 Å². The summed E-state index contributed by atoms with van der Waals surface area (Å²) in [6, 6.07) is 12.6. The van der Waals surface area contributed by atoms with Gasteiger partial charge in [-0.25, -0.2) is 0 Å². The third-order valence-corrected chi connectivity index (χ3v) is 6.65. The van der Waals surface area contributed by atoms with Crippen molar-refractivity contribution >= 4 is 62.0 Å². The molecule has 3 rings (SSSR count). The molecule has 0 saturated carbocycles. The lowest BCUT2D eigenvalue weighted by atomic mass is 10.1. The van der Waals surface area contributed by atoms with Crippen LogP contribution in [0.25, 0.3) is 6.08 Å². The summed E-state index contributed by atoms with van der Waals surface area (Å²) in [4.78, 5) is 14.1. The lowest BCUT2D eigenvalue weighted by molar-refractivity contribution is -0.121. The van der Waals surface area contributed by atoms with Gasteiger partial charge in [-0.15, -0.1) is 0 Å². The second-order valence-electron chi connectivity index (χ2n) is 6.67. The number of carbonyl (C=O) groups is 1. The van der Waals surface area contributed by atoms with Crippen molar-refractivity contribution in [3.05, 3.63) is 63.5 Å². The molecule has 1 aliphatic rings. The molecule has 1 heterocycles. The standard InChI is InChI=1S/C21H20ClNO6S3/c1-2-28-18-11-15(5-8-17(18)29-13-14-3-6-16(22)7-4-14)12-19-20(24)23(21(30)31-19)9-10-32(25,26)27/h3-8,11-12H,2,9-10,13H2,1H3,(H,25,26,27)/b19-12-. The molecule has 1 saturated heterocycles. The Morgan fingerprint density at radius 3 is 2.53 bits per heavy atom. The third-order valence-electron chi connectivity index (χ3n) is 4.32. The van der Waals surface area contributed by atoms with Crippen LogP contribution in [0.4, 0.5) is 0 Å². The number of thiocarbonyl (C=S) groups is 1. The van der Waals surface area contributed by atoms with Crippen molar-refractivity contribution in [1.82, 2.24) is 4.90 Å². The number of nitrogens with zero attached hydrogens (tertiary/aromatic N) is 1. The Morgan fingerprint density at radius 1 is 1.16 bits per heavy atom. The molecule has 1 amide bonds. The molecule has 32 heavy (non-hydrogen) atoms. The highest BCUT2D eigenvalue weighted by molar-refractivity contribution is 8.26. The quantitative estimate of drug-likeness (QED) is 0.299. The smallest absolute Gasteiger partial charge is 0.266 e. The maximum absolute atomic E-state index is 12.6. The van der Waals surface area contributed by atoms with E-state index in [2.05, 4.69) is 0 Å². The highest BCUT2D eigenvalue weighted by Crippen LogP contribution is 2.35. The zero-order valence-electron chi connectivity index (χ0n) is 17.0. The number of hydrogen-bond donors (Lipinski definition) is 1. The first-order valence-electron chi connectivity index (χ1n) is 9.51. The van der Waals surface area contributed by atoms with Gasteiger partial charge in [0.05, 0.1) is 17.3 Å². The van der Waals surface area contributed by atoms with Crippen molar-refractivity contribution in [3.8, 4) is 11.5 Å². The van der Waals surface area contributed by atoms with Crippen LogP contribution in [-0.4, -0.2) is 47.0 Å². The van der Waals surface area contributed by atoms with Crippen LogP contribution in [0, 0.1) is 0 Å². The summed E-state index contributed by atoms with van der Waals surface area (Å²) in [5, 5.41) is 0.650. The maximum Gasteiger partial charge on any atom is 0.266 e. The molecular formula is C21H20ClNO6S3. The minimum atomic E-state index is -4.20. The first kappa shape index (κ1) is 24.5. The second kappa shape index (κ2) is 10.7. The number of ether oxygens (including phenoxy) is 2. The highest BCUT2D eigenvalue weighted by Gasteiger charge is 2.32. The molecule has 2 aromatic carbocycles. The maximum atomic E-state index is 12.6. The number of amides is 1. The predicted octanol–water partition coefficient (Wildman–Crippen LogP) is 4.41. The van der Waals surface area contributed by atoms with Gasteiger partial charge in [0.2, 0.25) is 0 Å². The molecule has 1 fully saturated rings. The van der Waals surface area contributed by atoms with Crippen LogP contribution in [0.5, 0.6) is 11.5 Å². The number of carbonyl (C=O) groups excluding carboxylic acids is 1. The van der Waals surface area contributed by atoms with E-state index in [-0.39, 0.29) is 10.9 Å². The lowest BCUT2D eigenvalue weighted by Crippen LogP contribution is -2.32. The Labute approximate surface area is 201 Å². The van der Waals surface area contributed by atoms with Crippen molar-refractivity contribution in [2.24, 2.45) is 0 Å². The molecule has 0 bridgehead atoms. The fourth-order valence-corrected chi connectivity index (χ4v) is 4.64. The fourth-order valence-electron chi connectivity index (χ4n) is 2.79. The van der Waals surface area contributed by atoms with E-state index in [9.17, 15) is 13.2 Å². The molecule has 11 heteroatoms. The first-order chi connectivity index (χ1) is 15.2. The van der Waals surface area contributed by atoms with Gasteiger partial charge in [0.1, 0.15) is 10.9 Å². The predicted molar refractivity (Wildman–Crippen MR) is 130 cm³/mol. The molecule has 0 aromatic heterocycles. The number of rotatable bonds is 9. The largest absolute Gasteiger partial charge is 0.490 e. The van der Waals surface area contributed by atoms with Gasteiger partial charge in [0, 0.05) is 11.6 Å². The number of halogens is 1. The Bertz CT molecular complexity index is 1150. The summed E-state index contributed by atoms with van der Waals surface area (Å²) in [7, 11) is -4.20. The number of benzene rings is 2. The topological polar surface area (TPSA) is 93.1 Å². The normalized spacial score (nSPS) is 15.5. The van der Waals surface area contributed by atoms with Crippen molar-refractivity contribution in [2.75, 3.05) is 18.9 Å². The average Bonchev–Trinajstić information content (AvgIpc) is 2.99. The zero-order valence-corrected chi connectivity index (χ0v) is 20.2. The molecule has 0 radical (unpaired) electrons. The molecule has 0 unspecified atom stereocenters. The van der Waals surface area contributed by atoms with E-state index in [0.717, 1.165) is 22.2 Å². The van der Waals surface area contributed by atoms with Crippen LogP contribution >= 0.6 is 35.6 Å². The summed E-state index contributed by atoms with van der Waals surface area (Å²) >= 11 is 12.2. The fraction of sp³-hybridized carbons (Fsp3) is 0.238. The van der Waals surface area contributed by atoms with Crippen molar-refractivity contribution in [2.45, 2.75) is 13.5 Å². The average molecular weight is 514 g/mol. The van der Waals surface area contributed by atoms with Gasteiger partial charge in [-0.3, -0.25) is 14.2 Å². The van der Waals surface area contributed by atoms with E-state index < -0.39 is 21.8 Å². The summed E-state index contributed by atoms with van der Waals surface area (Å²) in [6.07, 6.45) is 1.65. The summed E-state index contributed by atoms with van der Waals surface area (Å²) in [5.41, 5.74) is 1.65. The molecule has 0 atom stereocenters. The van der Waals surface area contributed by atoms with E-state index in [0.29, 0.717) is 40.2 Å². The first-order valence-corrected chi connectivity index (χ1v) is 12.7. The third kappa shape index (κ3) is 6.69.